The summed E-state index contributed by atoms with van der Waals surface area (Å²) in [6, 6.07) is 4.32. The molecule has 0 aromatic heterocycles. The maximum atomic E-state index is 12.5. The molecule has 0 amide bonds. The predicted octanol–water partition coefficient (Wildman–Crippen LogP) is 2.42. The third-order valence-corrected chi connectivity index (χ3v) is 3.15. The van der Waals surface area contributed by atoms with Gasteiger partial charge in [0.2, 0.25) is 0 Å². The van der Waals surface area contributed by atoms with Crippen LogP contribution in [0.5, 0.6) is 0 Å². The van der Waals surface area contributed by atoms with Crippen LogP contribution in [0.3, 0.4) is 0 Å². The molecule has 0 bridgehead atoms. The van der Waals surface area contributed by atoms with Crippen LogP contribution in [0.2, 0.25) is 0 Å². The van der Waals surface area contributed by atoms with E-state index in [1.807, 2.05) is 0 Å². The van der Waals surface area contributed by atoms with Crippen molar-refractivity contribution in [3.05, 3.63) is 28.2 Å². The molecule has 0 aliphatic heterocycles. The van der Waals surface area contributed by atoms with Gasteiger partial charge in [-0.3, -0.25) is 0 Å². The Balaban J connectivity index is 3.39. The number of aryl methyl sites for hydroxylation is 1. The fourth-order valence-electron chi connectivity index (χ4n) is 0.804. The Bertz CT molecular complexity index is 400. The molecule has 1 rings (SSSR count). The minimum Gasteiger partial charge on any atom is -0.189 e. The second-order valence-electron chi connectivity index (χ2n) is 2.37. The number of hydrogen-bond acceptors (Lipinski definition) is 2. The van der Waals surface area contributed by atoms with Crippen LogP contribution in [0.4, 0.5) is 3.89 Å². The second kappa shape index (κ2) is 3.14. The summed E-state index contributed by atoms with van der Waals surface area (Å²) in [5.41, 5.74) is 0.870. The normalized spacial score (nSPS) is 11.6. The van der Waals surface area contributed by atoms with Crippen LogP contribution in [0.15, 0.2) is 27.6 Å². The van der Waals surface area contributed by atoms with Gasteiger partial charge in [-0.1, -0.05) is 6.07 Å². The Labute approximate surface area is 78.8 Å². The molecule has 0 N–H and O–H groups in total. The van der Waals surface area contributed by atoms with Crippen molar-refractivity contribution in [1.29, 1.82) is 0 Å². The fourth-order valence-corrected chi connectivity index (χ4v) is 2.40. The minimum atomic E-state index is -4.60. The lowest BCUT2D eigenvalue weighted by Gasteiger charge is -1.99. The molecule has 0 spiro atoms. The lowest BCUT2D eigenvalue weighted by molar-refractivity contribution is 0.551. The average molecular weight is 253 g/mol. The van der Waals surface area contributed by atoms with Crippen LogP contribution in [0.25, 0.3) is 0 Å². The molecule has 0 aliphatic rings. The van der Waals surface area contributed by atoms with Gasteiger partial charge >= 0.3 is 10.2 Å². The maximum Gasteiger partial charge on any atom is 0.333 e. The van der Waals surface area contributed by atoms with E-state index in [-0.39, 0.29) is 9.37 Å². The van der Waals surface area contributed by atoms with Crippen molar-refractivity contribution >= 4 is 26.2 Å². The van der Waals surface area contributed by atoms with Gasteiger partial charge in [-0.05, 0) is 40.5 Å². The highest BCUT2D eigenvalue weighted by Crippen LogP contribution is 2.24. The molecule has 0 fully saturated rings. The third-order valence-electron chi connectivity index (χ3n) is 1.35. The Kier molecular flexibility index (Phi) is 2.53. The summed E-state index contributed by atoms with van der Waals surface area (Å²) < 4.78 is 33.6. The molecule has 1 aromatic carbocycles. The number of rotatable bonds is 1. The molecule has 0 saturated carbocycles. The van der Waals surface area contributed by atoms with Gasteiger partial charge in [-0.15, -0.1) is 3.89 Å². The summed E-state index contributed by atoms with van der Waals surface area (Å²) in [5.74, 6) is 0. The highest BCUT2D eigenvalue weighted by atomic mass is 79.9. The Morgan fingerprint density at radius 1 is 1.42 bits per heavy atom. The van der Waals surface area contributed by atoms with Crippen LogP contribution in [-0.2, 0) is 10.2 Å². The number of hydrogen-bond donors (Lipinski definition) is 0. The van der Waals surface area contributed by atoms with Gasteiger partial charge in [-0.25, -0.2) is 0 Å². The van der Waals surface area contributed by atoms with Gasteiger partial charge < -0.3 is 0 Å². The first-order valence-corrected chi connectivity index (χ1v) is 5.30. The van der Waals surface area contributed by atoms with E-state index in [1.54, 1.807) is 13.0 Å². The predicted molar refractivity (Wildman–Crippen MR) is 47.2 cm³/mol. The van der Waals surface area contributed by atoms with E-state index in [0.29, 0.717) is 0 Å². The zero-order valence-corrected chi connectivity index (χ0v) is 8.62. The van der Waals surface area contributed by atoms with E-state index in [2.05, 4.69) is 15.9 Å². The standard InChI is InChI=1S/C7H6BrFO2S/c1-5-2-3-7(6(8)4-5)12(9,10)11/h2-4H,1H3. The van der Waals surface area contributed by atoms with Crippen LogP contribution in [-0.4, -0.2) is 8.42 Å². The smallest absolute Gasteiger partial charge is 0.189 e. The lowest BCUT2D eigenvalue weighted by Crippen LogP contribution is -1.93. The van der Waals surface area contributed by atoms with E-state index < -0.39 is 10.2 Å². The first-order valence-electron chi connectivity index (χ1n) is 3.12. The molecule has 2 nitrogen and oxygen atoms in total. The van der Waals surface area contributed by atoms with Gasteiger partial charge in [0.15, 0.2) is 0 Å². The van der Waals surface area contributed by atoms with Gasteiger partial charge in [-0.2, -0.15) is 8.42 Å². The second-order valence-corrected chi connectivity index (χ2v) is 4.54. The SMILES string of the molecule is Cc1ccc(S(=O)(=O)F)c(Br)c1. The van der Waals surface area contributed by atoms with Crippen molar-refractivity contribution in [2.45, 2.75) is 11.8 Å². The van der Waals surface area contributed by atoms with Crippen molar-refractivity contribution in [1.82, 2.24) is 0 Å². The average Bonchev–Trinajstić information content (AvgIpc) is 1.83. The lowest BCUT2D eigenvalue weighted by atomic mass is 10.2. The first kappa shape index (κ1) is 9.67. The fraction of sp³-hybridized carbons (Fsp3) is 0.143. The van der Waals surface area contributed by atoms with E-state index in [9.17, 15) is 12.3 Å². The van der Waals surface area contributed by atoms with Crippen molar-refractivity contribution in [3.8, 4) is 0 Å². The van der Waals surface area contributed by atoms with Gasteiger partial charge in [0, 0.05) is 4.47 Å². The van der Waals surface area contributed by atoms with Gasteiger partial charge in [0.05, 0.1) is 0 Å². The summed E-state index contributed by atoms with van der Waals surface area (Å²) in [7, 11) is -4.60. The largest absolute Gasteiger partial charge is 0.333 e. The van der Waals surface area contributed by atoms with Crippen molar-refractivity contribution < 1.29 is 12.3 Å². The molecule has 12 heavy (non-hydrogen) atoms. The monoisotopic (exact) mass is 252 g/mol. The van der Waals surface area contributed by atoms with E-state index in [1.165, 1.54) is 12.1 Å². The summed E-state index contributed by atoms with van der Waals surface area (Å²) in [5, 5.41) is 0. The van der Waals surface area contributed by atoms with Crippen LogP contribution >= 0.6 is 15.9 Å². The Hall–Kier alpha value is -0.420. The molecular weight excluding hydrogens is 247 g/mol. The maximum absolute atomic E-state index is 12.5. The van der Waals surface area contributed by atoms with E-state index in [4.69, 9.17) is 0 Å². The number of benzene rings is 1. The minimum absolute atomic E-state index is 0.255. The highest BCUT2D eigenvalue weighted by Gasteiger charge is 2.15. The highest BCUT2D eigenvalue weighted by molar-refractivity contribution is 9.10. The summed E-state index contributed by atoms with van der Waals surface area (Å²) >= 11 is 2.96. The molecule has 1 aromatic rings. The Morgan fingerprint density at radius 3 is 2.42 bits per heavy atom. The van der Waals surface area contributed by atoms with E-state index >= 15 is 0 Å². The van der Waals surface area contributed by atoms with Gasteiger partial charge in [0.1, 0.15) is 4.90 Å². The zero-order chi connectivity index (χ0) is 9.35. The molecule has 0 heterocycles. The van der Waals surface area contributed by atoms with Gasteiger partial charge in [0.25, 0.3) is 0 Å². The molecule has 0 aliphatic carbocycles. The summed E-state index contributed by atoms with van der Waals surface area (Å²) in [4.78, 5) is -0.326. The molecule has 0 unspecified atom stereocenters. The summed E-state index contributed by atoms with van der Waals surface area (Å²) in [6.45, 7) is 1.79. The van der Waals surface area contributed by atoms with Crippen molar-refractivity contribution in [2.75, 3.05) is 0 Å². The zero-order valence-electron chi connectivity index (χ0n) is 6.21. The first-order chi connectivity index (χ1) is 5.41. The quantitative estimate of drug-likeness (QED) is 0.720. The Morgan fingerprint density at radius 2 is 2.00 bits per heavy atom. The third kappa shape index (κ3) is 2.04. The molecule has 0 saturated heterocycles. The number of halogens is 2. The topological polar surface area (TPSA) is 34.1 Å². The molecule has 66 valence electrons. The van der Waals surface area contributed by atoms with Crippen LogP contribution in [0, 0.1) is 6.92 Å². The molecular formula is C7H6BrFO2S. The molecule has 5 heteroatoms. The van der Waals surface area contributed by atoms with Crippen LogP contribution in [0.1, 0.15) is 5.56 Å². The molecule has 0 radical (unpaired) electrons. The van der Waals surface area contributed by atoms with E-state index in [0.717, 1.165) is 5.56 Å². The molecule has 0 atom stereocenters. The van der Waals surface area contributed by atoms with Crippen molar-refractivity contribution in [3.63, 3.8) is 0 Å². The van der Waals surface area contributed by atoms with Crippen molar-refractivity contribution in [2.24, 2.45) is 0 Å². The van der Waals surface area contributed by atoms with Crippen LogP contribution < -0.4 is 0 Å². The summed E-state index contributed by atoms with van der Waals surface area (Å²) in [6.07, 6.45) is 0.